The van der Waals surface area contributed by atoms with Gasteiger partial charge in [-0.2, -0.15) is 4.31 Å². The molecule has 1 heterocycles. The molecule has 1 aromatic carbocycles. The van der Waals surface area contributed by atoms with Crippen molar-refractivity contribution in [3.8, 4) is 0 Å². The van der Waals surface area contributed by atoms with Crippen molar-refractivity contribution >= 4 is 21.9 Å². The first-order valence-electron chi connectivity index (χ1n) is 7.43. The van der Waals surface area contributed by atoms with Crippen LogP contribution in [-0.2, 0) is 19.6 Å². The molecule has 0 saturated carbocycles. The van der Waals surface area contributed by atoms with E-state index in [0.717, 1.165) is 12.8 Å². The molecule has 2 rings (SSSR count). The highest BCUT2D eigenvalue weighted by Crippen LogP contribution is 2.21. The Morgan fingerprint density at radius 3 is 2.35 bits per heavy atom. The minimum Gasteiger partial charge on any atom is -0.460 e. The van der Waals surface area contributed by atoms with E-state index in [4.69, 9.17) is 4.74 Å². The van der Waals surface area contributed by atoms with Crippen LogP contribution in [0, 0.1) is 0 Å². The highest BCUT2D eigenvalue weighted by Gasteiger charge is 2.27. The van der Waals surface area contributed by atoms with Crippen LogP contribution in [0.4, 0.5) is 0 Å². The zero-order valence-corrected chi connectivity index (χ0v) is 13.8. The molecule has 7 nitrogen and oxygen atoms in total. The van der Waals surface area contributed by atoms with Crippen LogP contribution in [0.5, 0.6) is 0 Å². The number of sulfonamides is 1. The minimum absolute atomic E-state index is 0.0617. The molecule has 126 valence electrons. The van der Waals surface area contributed by atoms with Crippen molar-refractivity contribution in [2.45, 2.75) is 24.7 Å². The number of esters is 1. The van der Waals surface area contributed by atoms with E-state index in [-0.39, 0.29) is 29.5 Å². The number of hydrogen-bond donors (Lipinski definition) is 1. The quantitative estimate of drug-likeness (QED) is 0.610. The van der Waals surface area contributed by atoms with E-state index >= 15 is 0 Å². The number of hydrogen-bond acceptors (Lipinski definition) is 5. The van der Waals surface area contributed by atoms with Crippen molar-refractivity contribution in [1.82, 2.24) is 9.62 Å². The van der Waals surface area contributed by atoms with Crippen LogP contribution >= 0.6 is 0 Å². The Bertz CT molecular complexity index is 664. The molecule has 0 aliphatic carbocycles. The van der Waals surface area contributed by atoms with Gasteiger partial charge in [-0.1, -0.05) is 0 Å². The summed E-state index contributed by atoms with van der Waals surface area (Å²) in [5.74, 6) is -0.752. The Kier molecular flexibility index (Phi) is 5.73. The number of carbonyl (C=O) groups excluding carboxylic acids is 2. The second-order valence-corrected chi connectivity index (χ2v) is 7.19. The molecule has 0 unspecified atom stereocenters. The largest absolute Gasteiger partial charge is 0.460 e. The Morgan fingerprint density at radius 1 is 1.17 bits per heavy atom. The molecular weight excluding hydrogens is 320 g/mol. The van der Waals surface area contributed by atoms with Gasteiger partial charge in [-0.05, 0) is 37.1 Å². The van der Waals surface area contributed by atoms with Gasteiger partial charge in [-0.3, -0.25) is 4.79 Å². The van der Waals surface area contributed by atoms with Crippen molar-refractivity contribution in [1.29, 1.82) is 0 Å². The molecule has 23 heavy (non-hydrogen) atoms. The fraction of sp³-hybridized carbons (Fsp3) is 0.467. The monoisotopic (exact) mass is 340 g/mol. The summed E-state index contributed by atoms with van der Waals surface area (Å²) in [6.07, 6.45) is 1.75. The van der Waals surface area contributed by atoms with Crippen LogP contribution in [-0.4, -0.2) is 50.8 Å². The summed E-state index contributed by atoms with van der Waals surface area (Å²) in [7, 11) is -3.48. The molecule has 1 amide bonds. The minimum atomic E-state index is -3.48. The second kappa shape index (κ2) is 7.56. The van der Waals surface area contributed by atoms with E-state index < -0.39 is 16.0 Å². The number of benzene rings is 1. The van der Waals surface area contributed by atoms with Gasteiger partial charge >= 0.3 is 5.97 Å². The van der Waals surface area contributed by atoms with Crippen molar-refractivity contribution in [3.63, 3.8) is 0 Å². The summed E-state index contributed by atoms with van der Waals surface area (Å²) in [6.45, 7) is 2.75. The van der Waals surface area contributed by atoms with Gasteiger partial charge < -0.3 is 10.1 Å². The lowest BCUT2D eigenvalue weighted by atomic mass is 10.2. The molecule has 1 aromatic rings. The fourth-order valence-electron chi connectivity index (χ4n) is 2.29. The van der Waals surface area contributed by atoms with Crippen LogP contribution in [0.1, 0.15) is 30.1 Å². The molecule has 1 saturated heterocycles. The third-order valence-electron chi connectivity index (χ3n) is 3.50. The van der Waals surface area contributed by atoms with Crippen molar-refractivity contribution in [3.05, 3.63) is 29.8 Å². The predicted molar refractivity (Wildman–Crippen MR) is 83.4 cm³/mol. The summed E-state index contributed by atoms with van der Waals surface area (Å²) >= 11 is 0. The van der Waals surface area contributed by atoms with Gasteiger partial charge in [-0.15, -0.1) is 0 Å². The number of carbonyl (C=O) groups is 2. The zero-order chi connectivity index (χ0) is 16.9. The van der Waals surface area contributed by atoms with Crippen LogP contribution in [0.15, 0.2) is 29.2 Å². The number of ether oxygens (including phenoxy) is 1. The third kappa shape index (κ3) is 4.52. The van der Waals surface area contributed by atoms with Gasteiger partial charge in [0.05, 0.1) is 17.0 Å². The normalized spacial score (nSPS) is 15.3. The first kappa shape index (κ1) is 17.4. The maximum atomic E-state index is 12.4. The SMILES string of the molecule is CC(=O)NCCOC(=O)c1ccc(S(=O)(=O)N2CCCC2)cc1. The number of nitrogens with zero attached hydrogens (tertiary/aromatic N) is 1. The van der Waals surface area contributed by atoms with Crippen molar-refractivity contribution in [2.75, 3.05) is 26.2 Å². The Hall–Kier alpha value is -1.93. The molecular formula is C15H20N2O5S. The first-order chi connectivity index (χ1) is 10.9. The molecule has 0 atom stereocenters. The van der Waals surface area contributed by atoms with E-state index in [1.165, 1.54) is 35.5 Å². The highest BCUT2D eigenvalue weighted by atomic mass is 32.2. The Morgan fingerprint density at radius 2 is 1.78 bits per heavy atom. The van der Waals surface area contributed by atoms with E-state index in [1.54, 1.807) is 0 Å². The van der Waals surface area contributed by atoms with Crippen LogP contribution < -0.4 is 5.32 Å². The summed E-state index contributed by atoms with van der Waals surface area (Å²) in [6, 6.07) is 5.70. The van der Waals surface area contributed by atoms with Crippen molar-refractivity contribution < 1.29 is 22.7 Å². The second-order valence-electron chi connectivity index (χ2n) is 5.25. The maximum absolute atomic E-state index is 12.4. The topological polar surface area (TPSA) is 92.8 Å². The lowest BCUT2D eigenvalue weighted by molar-refractivity contribution is -0.119. The zero-order valence-electron chi connectivity index (χ0n) is 12.9. The average Bonchev–Trinajstić information content (AvgIpc) is 3.06. The summed E-state index contributed by atoms with van der Waals surface area (Å²) < 4.78 is 31.2. The van der Waals surface area contributed by atoms with Crippen molar-refractivity contribution in [2.24, 2.45) is 0 Å². The lowest BCUT2D eigenvalue weighted by Crippen LogP contribution is -2.28. The van der Waals surface area contributed by atoms with Gasteiger partial charge in [-0.25, -0.2) is 13.2 Å². The average molecular weight is 340 g/mol. The van der Waals surface area contributed by atoms with Gasteiger partial charge in [0.2, 0.25) is 15.9 Å². The van der Waals surface area contributed by atoms with Gasteiger partial charge in [0.1, 0.15) is 6.61 Å². The van der Waals surface area contributed by atoms with E-state index in [9.17, 15) is 18.0 Å². The maximum Gasteiger partial charge on any atom is 0.338 e. The lowest BCUT2D eigenvalue weighted by Gasteiger charge is -2.15. The van der Waals surface area contributed by atoms with Gasteiger partial charge in [0, 0.05) is 20.0 Å². The summed E-state index contributed by atoms with van der Waals surface area (Å²) in [5, 5.41) is 2.51. The van der Waals surface area contributed by atoms with E-state index in [1.807, 2.05) is 0 Å². The molecule has 0 radical (unpaired) electrons. The summed E-state index contributed by atoms with van der Waals surface area (Å²) in [5.41, 5.74) is 0.271. The molecule has 1 fully saturated rings. The van der Waals surface area contributed by atoms with Crippen LogP contribution in [0.2, 0.25) is 0 Å². The Labute approximate surface area is 135 Å². The van der Waals surface area contributed by atoms with Gasteiger partial charge in [0.25, 0.3) is 0 Å². The van der Waals surface area contributed by atoms with Crippen LogP contribution in [0.25, 0.3) is 0 Å². The molecule has 0 spiro atoms. The third-order valence-corrected chi connectivity index (χ3v) is 5.41. The smallest absolute Gasteiger partial charge is 0.338 e. The summed E-state index contributed by atoms with van der Waals surface area (Å²) in [4.78, 5) is 22.7. The molecule has 1 N–H and O–H groups in total. The molecule has 8 heteroatoms. The Balaban J connectivity index is 1.96. The van der Waals surface area contributed by atoms with E-state index in [2.05, 4.69) is 5.32 Å². The highest BCUT2D eigenvalue weighted by molar-refractivity contribution is 7.89. The van der Waals surface area contributed by atoms with Crippen LogP contribution in [0.3, 0.4) is 0 Å². The molecule has 1 aliphatic rings. The first-order valence-corrected chi connectivity index (χ1v) is 8.87. The standard InChI is InChI=1S/C15H20N2O5S/c1-12(18)16-8-11-22-15(19)13-4-6-14(7-5-13)23(20,21)17-9-2-3-10-17/h4-7H,2-3,8-11H2,1H3,(H,16,18). The number of rotatable bonds is 6. The van der Waals surface area contributed by atoms with Gasteiger partial charge in [0.15, 0.2) is 0 Å². The number of amides is 1. The molecule has 0 aromatic heterocycles. The van der Waals surface area contributed by atoms with E-state index in [0.29, 0.717) is 13.1 Å². The fourth-order valence-corrected chi connectivity index (χ4v) is 3.81. The molecule has 0 bridgehead atoms. The number of nitrogens with one attached hydrogen (secondary N) is 1. The molecule has 1 aliphatic heterocycles. The predicted octanol–water partition coefficient (Wildman–Crippen LogP) is 0.764.